The largest absolute Gasteiger partial charge is 0.361 e. The SMILES string of the molecule is O=C(NNC(=S)NCCc1ccc(Cl)cc1)c1cccc(N2CCCC2=O)c1. The first-order valence-electron chi connectivity index (χ1n) is 9.02. The number of thiocarbonyl (C=S) groups is 1. The lowest BCUT2D eigenvalue weighted by Gasteiger charge is -2.17. The van der Waals surface area contributed by atoms with Crippen molar-refractivity contribution >= 4 is 46.4 Å². The first-order valence-corrected chi connectivity index (χ1v) is 9.80. The zero-order valence-electron chi connectivity index (χ0n) is 15.2. The number of hydrazine groups is 1. The minimum absolute atomic E-state index is 0.0850. The van der Waals surface area contributed by atoms with E-state index in [0.717, 1.165) is 24.1 Å². The molecule has 0 atom stereocenters. The molecule has 0 aromatic heterocycles. The maximum atomic E-state index is 12.3. The van der Waals surface area contributed by atoms with Gasteiger partial charge in [0, 0.05) is 35.8 Å². The summed E-state index contributed by atoms with van der Waals surface area (Å²) in [7, 11) is 0. The molecule has 1 fully saturated rings. The molecular weight excluding hydrogens is 396 g/mol. The number of hydrogen-bond donors (Lipinski definition) is 3. The third-order valence-electron chi connectivity index (χ3n) is 4.40. The highest BCUT2D eigenvalue weighted by atomic mass is 35.5. The lowest BCUT2D eigenvalue weighted by Crippen LogP contribution is -2.47. The lowest BCUT2D eigenvalue weighted by atomic mass is 10.1. The molecule has 0 spiro atoms. The molecule has 1 saturated heterocycles. The zero-order chi connectivity index (χ0) is 19.9. The van der Waals surface area contributed by atoms with Crippen LogP contribution in [-0.4, -0.2) is 30.0 Å². The maximum absolute atomic E-state index is 12.3. The summed E-state index contributed by atoms with van der Waals surface area (Å²) in [6, 6.07) is 14.6. The molecule has 3 rings (SSSR count). The van der Waals surface area contributed by atoms with Crippen molar-refractivity contribution in [2.24, 2.45) is 0 Å². The van der Waals surface area contributed by atoms with Gasteiger partial charge < -0.3 is 10.2 Å². The predicted molar refractivity (Wildman–Crippen MR) is 114 cm³/mol. The highest BCUT2D eigenvalue weighted by molar-refractivity contribution is 7.80. The molecule has 2 aromatic carbocycles. The summed E-state index contributed by atoms with van der Waals surface area (Å²) in [5, 5.41) is 4.06. The number of halogens is 1. The van der Waals surface area contributed by atoms with Crippen molar-refractivity contribution in [2.45, 2.75) is 19.3 Å². The van der Waals surface area contributed by atoms with E-state index in [0.29, 0.717) is 35.2 Å². The van der Waals surface area contributed by atoms with E-state index < -0.39 is 0 Å². The highest BCUT2D eigenvalue weighted by Crippen LogP contribution is 2.22. The molecule has 3 N–H and O–H groups in total. The topological polar surface area (TPSA) is 73.5 Å². The van der Waals surface area contributed by atoms with Gasteiger partial charge in [-0.2, -0.15) is 0 Å². The smallest absolute Gasteiger partial charge is 0.269 e. The van der Waals surface area contributed by atoms with E-state index in [1.165, 1.54) is 0 Å². The van der Waals surface area contributed by atoms with E-state index in [2.05, 4.69) is 16.2 Å². The average Bonchev–Trinajstić information content (AvgIpc) is 3.13. The van der Waals surface area contributed by atoms with Crippen molar-refractivity contribution in [1.29, 1.82) is 0 Å². The second-order valence-corrected chi connectivity index (χ2v) is 7.26. The van der Waals surface area contributed by atoms with Crippen molar-refractivity contribution in [1.82, 2.24) is 16.2 Å². The fraction of sp³-hybridized carbons (Fsp3) is 0.250. The molecule has 0 saturated carbocycles. The number of amides is 2. The normalized spacial score (nSPS) is 13.3. The van der Waals surface area contributed by atoms with Crippen LogP contribution in [0.15, 0.2) is 48.5 Å². The van der Waals surface area contributed by atoms with Crippen molar-refractivity contribution in [3.63, 3.8) is 0 Å². The average molecular weight is 417 g/mol. The minimum atomic E-state index is -0.324. The van der Waals surface area contributed by atoms with E-state index in [9.17, 15) is 9.59 Å². The quantitative estimate of drug-likeness (QED) is 0.516. The van der Waals surface area contributed by atoms with Crippen LogP contribution in [0.1, 0.15) is 28.8 Å². The number of benzene rings is 2. The Morgan fingerprint density at radius 1 is 1.14 bits per heavy atom. The van der Waals surface area contributed by atoms with Crippen LogP contribution in [0.25, 0.3) is 0 Å². The standard InChI is InChI=1S/C20H21ClN4O2S/c21-16-8-6-14(7-9-16)10-11-22-20(28)24-23-19(27)15-3-1-4-17(13-15)25-12-2-5-18(25)26/h1,3-4,6-9,13H,2,5,10-12H2,(H,23,27)(H2,22,24,28). The Bertz CT molecular complexity index is 873. The Morgan fingerprint density at radius 2 is 1.93 bits per heavy atom. The van der Waals surface area contributed by atoms with E-state index in [1.54, 1.807) is 23.1 Å². The second-order valence-electron chi connectivity index (χ2n) is 6.41. The van der Waals surface area contributed by atoms with Gasteiger partial charge in [0.15, 0.2) is 5.11 Å². The van der Waals surface area contributed by atoms with E-state index in [1.807, 2.05) is 30.3 Å². The molecule has 0 radical (unpaired) electrons. The monoisotopic (exact) mass is 416 g/mol. The van der Waals surface area contributed by atoms with Gasteiger partial charge in [-0.05, 0) is 61.0 Å². The summed E-state index contributed by atoms with van der Waals surface area (Å²) in [5.41, 5.74) is 7.59. The second kappa shape index (κ2) is 9.52. The Hall–Kier alpha value is -2.64. The Kier molecular flexibility index (Phi) is 6.84. The van der Waals surface area contributed by atoms with Gasteiger partial charge in [0.1, 0.15) is 0 Å². The van der Waals surface area contributed by atoms with Gasteiger partial charge in [-0.15, -0.1) is 0 Å². The van der Waals surface area contributed by atoms with Gasteiger partial charge in [-0.3, -0.25) is 20.4 Å². The van der Waals surface area contributed by atoms with Gasteiger partial charge >= 0.3 is 0 Å². The number of carbonyl (C=O) groups is 2. The summed E-state index contributed by atoms with van der Waals surface area (Å²) in [4.78, 5) is 25.9. The Balaban J connectivity index is 1.45. The summed E-state index contributed by atoms with van der Waals surface area (Å²) in [6.45, 7) is 1.31. The van der Waals surface area contributed by atoms with Crippen LogP contribution in [0.2, 0.25) is 5.02 Å². The van der Waals surface area contributed by atoms with E-state index >= 15 is 0 Å². The summed E-state index contributed by atoms with van der Waals surface area (Å²) in [6.07, 6.45) is 2.17. The molecule has 0 unspecified atom stereocenters. The summed E-state index contributed by atoms with van der Waals surface area (Å²) >= 11 is 11.0. The number of rotatable bonds is 5. The van der Waals surface area contributed by atoms with Crippen LogP contribution >= 0.6 is 23.8 Å². The molecule has 2 amide bonds. The Morgan fingerprint density at radius 3 is 2.64 bits per heavy atom. The number of hydrogen-bond acceptors (Lipinski definition) is 3. The molecule has 146 valence electrons. The fourth-order valence-electron chi connectivity index (χ4n) is 2.94. The van der Waals surface area contributed by atoms with E-state index in [4.69, 9.17) is 23.8 Å². The fourth-order valence-corrected chi connectivity index (χ4v) is 3.22. The number of carbonyl (C=O) groups excluding carboxylic acids is 2. The van der Waals surface area contributed by atoms with Gasteiger partial charge in [0.05, 0.1) is 0 Å². The van der Waals surface area contributed by atoms with Gasteiger partial charge in [-0.1, -0.05) is 29.8 Å². The molecular formula is C20H21ClN4O2S. The number of nitrogens with zero attached hydrogens (tertiary/aromatic N) is 1. The lowest BCUT2D eigenvalue weighted by molar-refractivity contribution is -0.117. The molecule has 8 heteroatoms. The van der Waals surface area contributed by atoms with Gasteiger partial charge in [0.2, 0.25) is 5.91 Å². The maximum Gasteiger partial charge on any atom is 0.269 e. The molecule has 1 aliphatic rings. The number of anilines is 1. The van der Waals surface area contributed by atoms with Crippen LogP contribution < -0.4 is 21.1 Å². The molecule has 0 bridgehead atoms. The van der Waals surface area contributed by atoms with E-state index in [-0.39, 0.29) is 11.8 Å². The molecule has 1 heterocycles. The molecule has 2 aromatic rings. The van der Waals surface area contributed by atoms with Crippen LogP contribution in [0, 0.1) is 0 Å². The third-order valence-corrected chi connectivity index (χ3v) is 4.89. The molecule has 0 aliphatic carbocycles. The highest BCUT2D eigenvalue weighted by Gasteiger charge is 2.22. The molecule has 6 nitrogen and oxygen atoms in total. The van der Waals surface area contributed by atoms with Crippen molar-refractivity contribution < 1.29 is 9.59 Å². The summed E-state index contributed by atoms with van der Waals surface area (Å²) < 4.78 is 0. The van der Waals surface area contributed by atoms with Crippen LogP contribution in [0.3, 0.4) is 0 Å². The summed E-state index contributed by atoms with van der Waals surface area (Å²) in [5.74, 6) is -0.239. The van der Waals surface area contributed by atoms with Crippen LogP contribution in [0.5, 0.6) is 0 Å². The Labute approximate surface area is 174 Å². The minimum Gasteiger partial charge on any atom is -0.361 e. The number of nitrogens with one attached hydrogen (secondary N) is 3. The van der Waals surface area contributed by atoms with Gasteiger partial charge in [-0.25, -0.2) is 0 Å². The first kappa shape index (κ1) is 20.1. The predicted octanol–water partition coefficient (Wildman–Crippen LogP) is 2.82. The van der Waals surface area contributed by atoms with Gasteiger partial charge in [0.25, 0.3) is 5.91 Å². The molecule has 28 heavy (non-hydrogen) atoms. The van der Waals surface area contributed by atoms with Crippen molar-refractivity contribution in [3.05, 3.63) is 64.7 Å². The first-order chi connectivity index (χ1) is 13.5. The van der Waals surface area contributed by atoms with Crippen molar-refractivity contribution in [3.8, 4) is 0 Å². The van der Waals surface area contributed by atoms with Crippen LogP contribution in [-0.2, 0) is 11.2 Å². The third kappa shape index (κ3) is 5.43. The molecule has 1 aliphatic heterocycles. The zero-order valence-corrected chi connectivity index (χ0v) is 16.8. The van der Waals surface area contributed by atoms with Crippen LogP contribution in [0.4, 0.5) is 5.69 Å². The van der Waals surface area contributed by atoms with Crippen molar-refractivity contribution in [2.75, 3.05) is 18.0 Å².